The molecular formula is C26H23FN2O5S. The minimum Gasteiger partial charge on any atom is -0.494 e. The summed E-state index contributed by atoms with van der Waals surface area (Å²) in [6.07, 6.45) is 1.18. The summed E-state index contributed by atoms with van der Waals surface area (Å²) in [5.74, 6) is -0.510. The number of halogens is 1. The number of rotatable bonds is 7. The van der Waals surface area contributed by atoms with Gasteiger partial charge < -0.3 is 14.6 Å². The van der Waals surface area contributed by atoms with E-state index in [0.29, 0.717) is 23.6 Å². The van der Waals surface area contributed by atoms with Crippen LogP contribution in [0.5, 0.6) is 5.75 Å². The number of aromatic nitrogens is 1. The number of pyridine rings is 1. The lowest BCUT2D eigenvalue weighted by molar-refractivity contribution is -0.116. The van der Waals surface area contributed by atoms with Crippen LogP contribution in [0, 0.1) is 12.7 Å². The van der Waals surface area contributed by atoms with E-state index in [1.807, 2.05) is 6.92 Å². The molecule has 1 amide bonds. The standard InChI is InChI=1S/C26H23FN2O5S/c1-3-34-20-10-13-23-22(14-20)26(31)24(35(32,33)21-11-4-17(2)5-12-21)15-29(23)16-25(30)28-19-8-6-18(27)7-9-19/h4-15H,3,16H2,1-2H3,(H,28,30). The van der Waals surface area contributed by atoms with Gasteiger partial charge in [-0.3, -0.25) is 9.59 Å². The molecule has 4 aromatic rings. The van der Waals surface area contributed by atoms with Crippen LogP contribution in [-0.4, -0.2) is 25.5 Å². The van der Waals surface area contributed by atoms with E-state index in [1.165, 1.54) is 53.2 Å². The minimum atomic E-state index is -4.17. The number of aryl methyl sites for hydroxylation is 1. The molecule has 7 nitrogen and oxygen atoms in total. The molecule has 0 saturated heterocycles. The Kier molecular flexibility index (Phi) is 6.70. The van der Waals surface area contributed by atoms with Crippen molar-refractivity contribution in [3.8, 4) is 5.75 Å². The summed E-state index contributed by atoms with van der Waals surface area (Å²) in [4.78, 5) is 25.6. The molecule has 0 atom stereocenters. The van der Waals surface area contributed by atoms with Gasteiger partial charge in [0.25, 0.3) is 0 Å². The van der Waals surface area contributed by atoms with Crippen LogP contribution in [0.25, 0.3) is 10.9 Å². The summed E-state index contributed by atoms with van der Waals surface area (Å²) in [6.45, 7) is 3.70. The second kappa shape index (κ2) is 9.71. The number of hydrogen-bond acceptors (Lipinski definition) is 5. The molecule has 0 bridgehead atoms. The molecule has 180 valence electrons. The maximum atomic E-state index is 13.4. The zero-order valence-electron chi connectivity index (χ0n) is 19.1. The molecule has 0 aliphatic heterocycles. The summed E-state index contributed by atoms with van der Waals surface area (Å²) in [6, 6.07) is 16.2. The highest BCUT2D eigenvalue weighted by atomic mass is 32.2. The number of nitrogens with one attached hydrogen (secondary N) is 1. The second-order valence-corrected chi connectivity index (χ2v) is 9.85. The molecular weight excluding hydrogens is 471 g/mol. The van der Waals surface area contributed by atoms with E-state index in [1.54, 1.807) is 31.2 Å². The monoisotopic (exact) mass is 494 g/mol. The van der Waals surface area contributed by atoms with Crippen LogP contribution in [-0.2, 0) is 21.2 Å². The number of carbonyl (C=O) groups excluding carboxylic acids is 1. The second-order valence-electron chi connectivity index (χ2n) is 7.93. The van der Waals surface area contributed by atoms with E-state index in [-0.39, 0.29) is 16.8 Å². The summed E-state index contributed by atoms with van der Waals surface area (Å²) < 4.78 is 46.9. The largest absolute Gasteiger partial charge is 0.494 e. The van der Waals surface area contributed by atoms with Gasteiger partial charge in [0.1, 0.15) is 23.0 Å². The van der Waals surface area contributed by atoms with Crippen LogP contribution in [0.15, 0.2) is 87.5 Å². The average molecular weight is 495 g/mol. The van der Waals surface area contributed by atoms with Gasteiger partial charge in [-0.15, -0.1) is 0 Å². The highest BCUT2D eigenvalue weighted by Crippen LogP contribution is 2.24. The van der Waals surface area contributed by atoms with Crippen LogP contribution in [0.2, 0.25) is 0 Å². The summed E-state index contributed by atoms with van der Waals surface area (Å²) >= 11 is 0. The summed E-state index contributed by atoms with van der Waals surface area (Å²) in [5.41, 5.74) is 0.944. The minimum absolute atomic E-state index is 0.0252. The topological polar surface area (TPSA) is 94.5 Å². The molecule has 4 rings (SSSR count). The first kappa shape index (κ1) is 24.2. The fraction of sp³-hybridized carbons (Fsp3) is 0.154. The van der Waals surface area contributed by atoms with Crippen molar-refractivity contribution in [1.29, 1.82) is 0 Å². The fourth-order valence-electron chi connectivity index (χ4n) is 3.66. The third kappa shape index (κ3) is 5.09. The molecule has 0 aliphatic carbocycles. The molecule has 0 spiro atoms. The molecule has 0 aliphatic rings. The molecule has 0 radical (unpaired) electrons. The predicted octanol–water partition coefficient (Wildman–Crippen LogP) is 4.32. The lowest BCUT2D eigenvalue weighted by Gasteiger charge is -2.15. The van der Waals surface area contributed by atoms with Crippen LogP contribution < -0.4 is 15.5 Å². The first-order valence-corrected chi connectivity index (χ1v) is 12.3. The quantitative estimate of drug-likeness (QED) is 0.413. The zero-order valence-corrected chi connectivity index (χ0v) is 19.9. The third-order valence-corrected chi connectivity index (χ3v) is 7.16. The van der Waals surface area contributed by atoms with Gasteiger partial charge in [0.15, 0.2) is 0 Å². The lowest BCUT2D eigenvalue weighted by Crippen LogP contribution is -2.24. The number of anilines is 1. The maximum absolute atomic E-state index is 13.4. The molecule has 0 saturated carbocycles. The third-order valence-electron chi connectivity index (χ3n) is 5.39. The Bertz CT molecular complexity index is 1560. The lowest BCUT2D eigenvalue weighted by atomic mass is 10.2. The van der Waals surface area contributed by atoms with Crippen molar-refractivity contribution in [1.82, 2.24) is 4.57 Å². The Morgan fingerprint density at radius 3 is 2.37 bits per heavy atom. The van der Waals surface area contributed by atoms with Crippen LogP contribution in [0.3, 0.4) is 0 Å². The fourth-order valence-corrected chi connectivity index (χ4v) is 5.03. The van der Waals surface area contributed by atoms with Crippen molar-refractivity contribution in [3.63, 3.8) is 0 Å². The molecule has 1 aromatic heterocycles. The van der Waals surface area contributed by atoms with Crippen molar-refractivity contribution >= 4 is 32.3 Å². The van der Waals surface area contributed by atoms with Gasteiger partial charge in [0.05, 0.1) is 22.4 Å². The van der Waals surface area contributed by atoms with Gasteiger partial charge in [-0.25, -0.2) is 12.8 Å². The van der Waals surface area contributed by atoms with E-state index in [0.717, 1.165) is 5.56 Å². The Balaban J connectivity index is 1.83. The van der Waals surface area contributed by atoms with Gasteiger partial charge in [0.2, 0.25) is 21.2 Å². The molecule has 0 fully saturated rings. The van der Waals surface area contributed by atoms with Gasteiger partial charge in [-0.05, 0) is 68.4 Å². The number of carbonyl (C=O) groups is 1. The molecule has 9 heteroatoms. The van der Waals surface area contributed by atoms with Gasteiger partial charge in [-0.1, -0.05) is 17.7 Å². The molecule has 3 aromatic carbocycles. The molecule has 0 unspecified atom stereocenters. The Labute approximate surface area is 201 Å². The molecule has 35 heavy (non-hydrogen) atoms. The van der Waals surface area contributed by atoms with Crippen molar-refractivity contribution < 1.29 is 22.3 Å². The highest BCUT2D eigenvalue weighted by molar-refractivity contribution is 7.91. The van der Waals surface area contributed by atoms with Crippen LogP contribution in [0.1, 0.15) is 12.5 Å². The number of sulfone groups is 1. The number of benzene rings is 3. The van der Waals surface area contributed by atoms with E-state index in [2.05, 4.69) is 5.32 Å². The van der Waals surface area contributed by atoms with Gasteiger partial charge >= 0.3 is 0 Å². The van der Waals surface area contributed by atoms with Crippen molar-refractivity contribution in [2.75, 3.05) is 11.9 Å². The first-order chi connectivity index (χ1) is 16.7. The van der Waals surface area contributed by atoms with E-state index in [9.17, 15) is 22.4 Å². The normalized spacial score (nSPS) is 11.4. The van der Waals surface area contributed by atoms with Crippen LogP contribution >= 0.6 is 0 Å². The highest BCUT2D eigenvalue weighted by Gasteiger charge is 2.24. The molecule has 1 heterocycles. The SMILES string of the molecule is CCOc1ccc2c(c1)c(=O)c(S(=O)(=O)c1ccc(C)cc1)cn2CC(=O)Nc1ccc(F)cc1. The Hall–Kier alpha value is -3.98. The number of hydrogen-bond donors (Lipinski definition) is 1. The average Bonchev–Trinajstić information content (AvgIpc) is 2.83. The van der Waals surface area contributed by atoms with Crippen molar-refractivity contribution in [3.05, 3.63) is 94.5 Å². The summed E-state index contributed by atoms with van der Waals surface area (Å²) in [7, 11) is -4.17. The summed E-state index contributed by atoms with van der Waals surface area (Å²) in [5, 5.41) is 2.76. The van der Waals surface area contributed by atoms with Crippen molar-refractivity contribution in [2.45, 2.75) is 30.2 Å². The number of nitrogens with zero attached hydrogens (tertiary/aromatic N) is 1. The predicted molar refractivity (Wildman–Crippen MR) is 131 cm³/mol. The van der Waals surface area contributed by atoms with Gasteiger partial charge in [0, 0.05) is 11.9 Å². The van der Waals surface area contributed by atoms with Crippen LogP contribution in [0.4, 0.5) is 10.1 Å². The first-order valence-electron chi connectivity index (χ1n) is 10.9. The smallest absolute Gasteiger partial charge is 0.244 e. The number of amides is 1. The molecule has 1 N–H and O–H groups in total. The Morgan fingerprint density at radius 1 is 1.03 bits per heavy atom. The number of fused-ring (bicyclic) bond motifs is 1. The maximum Gasteiger partial charge on any atom is 0.244 e. The van der Waals surface area contributed by atoms with E-state index >= 15 is 0 Å². The van der Waals surface area contributed by atoms with E-state index in [4.69, 9.17) is 4.74 Å². The number of ether oxygens (including phenoxy) is 1. The van der Waals surface area contributed by atoms with Crippen molar-refractivity contribution in [2.24, 2.45) is 0 Å². The Morgan fingerprint density at radius 2 is 1.71 bits per heavy atom. The zero-order chi connectivity index (χ0) is 25.2. The van der Waals surface area contributed by atoms with Gasteiger partial charge in [-0.2, -0.15) is 0 Å². The van der Waals surface area contributed by atoms with E-state index < -0.39 is 31.9 Å².